The summed E-state index contributed by atoms with van der Waals surface area (Å²) in [4.78, 5) is 14.1. The van der Waals surface area contributed by atoms with Gasteiger partial charge in [-0.25, -0.2) is 0 Å². The molecular formula is C15H20N2O2. The highest BCUT2D eigenvalue weighted by molar-refractivity contribution is 5.96. The van der Waals surface area contributed by atoms with Crippen molar-refractivity contribution in [1.29, 1.82) is 0 Å². The molecule has 1 aromatic rings. The molecular weight excluding hydrogens is 240 g/mol. The van der Waals surface area contributed by atoms with E-state index in [1.807, 2.05) is 20.2 Å². The molecule has 4 nitrogen and oxygen atoms in total. The molecule has 0 saturated heterocycles. The van der Waals surface area contributed by atoms with Gasteiger partial charge < -0.3 is 15.3 Å². The molecule has 1 aromatic carbocycles. The second kappa shape index (κ2) is 8.30. The second-order valence-electron chi connectivity index (χ2n) is 4.42. The van der Waals surface area contributed by atoms with Gasteiger partial charge in [0.1, 0.15) is 6.61 Å². The molecule has 0 aliphatic rings. The highest BCUT2D eigenvalue weighted by Crippen LogP contribution is 2.07. The van der Waals surface area contributed by atoms with Crippen molar-refractivity contribution in [3.63, 3.8) is 0 Å². The first-order valence-electron chi connectivity index (χ1n) is 6.27. The summed E-state index contributed by atoms with van der Waals surface area (Å²) >= 11 is 0. The molecule has 102 valence electrons. The molecule has 0 atom stereocenters. The van der Waals surface area contributed by atoms with E-state index in [0.29, 0.717) is 17.7 Å². The lowest BCUT2D eigenvalue weighted by atomic mass is 10.1. The molecule has 0 aliphatic carbocycles. The third-order valence-electron chi connectivity index (χ3n) is 2.54. The third kappa shape index (κ3) is 5.56. The van der Waals surface area contributed by atoms with E-state index < -0.39 is 0 Å². The zero-order chi connectivity index (χ0) is 14.1. The summed E-state index contributed by atoms with van der Waals surface area (Å²) in [5.74, 6) is 5.22. The Bertz CT molecular complexity index is 473. The van der Waals surface area contributed by atoms with Crippen molar-refractivity contribution < 1.29 is 9.90 Å². The Morgan fingerprint density at radius 1 is 1.37 bits per heavy atom. The lowest BCUT2D eigenvalue weighted by Crippen LogP contribution is -2.27. The molecule has 0 aliphatic heterocycles. The van der Waals surface area contributed by atoms with Gasteiger partial charge in [-0.1, -0.05) is 24.0 Å². The van der Waals surface area contributed by atoms with E-state index in [1.54, 1.807) is 18.2 Å². The van der Waals surface area contributed by atoms with Gasteiger partial charge in [0, 0.05) is 12.1 Å². The van der Waals surface area contributed by atoms with E-state index in [-0.39, 0.29) is 12.5 Å². The predicted molar refractivity (Wildman–Crippen MR) is 75.9 cm³/mol. The lowest BCUT2D eigenvalue weighted by Gasteiger charge is -2.10. The van der Waals surface area contributed by atoms with Crippen molar-refractivity contribution in [2.45, 2.75) is 6.42 Å². The van der Waals surface area contributed by atoms with Crippen LogP contribution in [-0.4, -0.2) is 49.7 Å². The number of aliphatic hydroxyl groups is 1. The molecule has 0 unspecified atom stereocenters. The second-order valence-corrected chi connectivity index (χ2v) is 4.42. The van der Waals surface area contributed by atoms with E-state index in [9.17, 15) is 4.79 Å². The van der Waals surface area contributed by atoms with Gasteiger partial charge in [0.25, 0.3) is 5.91 Å². The van der Waals surface area contributed by atoms with Crippen LogP contribution < -0.4 is 5.32 Å². The lowest BCUT2D eigenvalue weighted by molar-refractivity contribution is 0.0952. The molecule has 1 rings (SSSR count). The highest BCUT2D eigenvalue weighted by Gasteiger charge is 2.08. The van der Waals surface area contributed by atoms with Gasteiger partial charge in [0.2, 0.25) is 0 Å². The van der Waals surface area contributed by atoms with Crippen LogP contribution in [0.2, 0.25) is 0 Å². The minimum absolute atomic E-state index is 0.124. The summed E-state index contributed by atoms with van der Waals surface area (Å²) in [6, 6.07) is 7.14. The number of hydrogen-bond donors (Lipinski definition) is 2. The molecule has 0 radical (unpaired) electrons. The van der Waals surface area contributed by atoms with E-state index in [4.69, 9.17) is 5.11 Å². The van der Waals surface area contributed by atoms with Gasteiger partial charge >= 0.3 is 0 Å². The van der Waals surface area contributed by atoms with Crippen molar-refractivity contribution in [1.82, 2.24) is 10.2 Å². The Morgan fingerprint density at radius 2 is 2.11 bits per heavy atom. The molecule has 0 fully saturated rings. The van der Waals surface area contributed by atoms with Gasteiger partial charge in [-0.15, -0.1) is 0 Å². The zero-order valence-electron chi connectivity index (χ0n) is 11.4. The Balaban J connectivity index is 2.61. The Kier molecular flexibility index (Phi) is 6.65. The van der Waals surface area contributed by atoms with E-state index in [1.165, 1.54) is 0 Å². The van der Waals surface area contributed by atoms with Crippen LogP contribution in [0.5, 0.6) is 0 Å². The molecule has 0 saturated carbocycles. The van der Waals surface area contributed by atoms with Crippen LogP contribution in [0.15, 0.2) is 24.3 Å². The SMILES string of the molecule is CN(C)CCCNC(=O)c1ccccc1C#CCO. The van der Waals surface area contributed by atoms with Gasteiger partial charge in [-0.05, 0) is 39.2 Å². The first-order valence-corrected chi connectivity index (χ1v) is 6.27. The fourth-order valence-corrected chi connectivity index (χ4v) is 1.62. The molecule has 0 aromatic heterocycles. The average molecular weight is 260 g/mol. The molecule has 0 heterocycles. The van der Waals surface area contributed by atoms with Crippen LogP contribution in [-0.2, 0) is 0 Å². The van der Waals surface area contributed by atoms with Gasteiger partial charge in [0.05, 0.1) is 5.56 Å². The van der Waals surface area contributed by atoms with Crippen LogP contribution in [0.3, 0.4) is 0 Å². The third-order valence-corrected chi connectivity index (χ3v) is 2.54. The molecule has 0 spiro atoms. The number of aliphatic hydroxyl groups excluding tert-OH is 1. The van der Waals surface area contributed by atoms with Crippen LogP contribution in [0.4, 0.5) is 0 Å². The van der Waals surface area contributed by atoms with Crippen LogP contribution in [0, 0.1) is 11.8 Å². The van der Waals surface area contributed by atoms with Crippen molar-refractivity contribution >= 4 is 5.91 Å². The molecule has 4 heteroatoms. The quantitative estimate of drug-likeness (QED) is 0.605. The molecule has 19 heavy (non-hydrogen) atoms. The van der Waals surface area contributed by atoms with Crippen molar-refractivity contribution in [3.05, 3.63) is 35.4 Å². The summed E-state index contributed by atoms with van der Waals surface area (Å²) in [5, 5.41) is 11.6. The number of amides is 1. The first kappa shape index (κ1) is 15.2. The summed E-state index contributed by atoms with van der Waals surface area (Å²) < 4.78 is 0. The van der Waals surface area contributed by atoms with Gasteiger partial charge in [-0.2, -0.15) is 0 Å². The standard InChI is InChI=1S/C15H20N2O2/c1-17(2)11-6-10-16-15(19)14-9-4-3-7-13(14)8-5-12-18/h3-4,7,9,18H,6,10-12H2,1-2H3,(H,16,19). The predicted octanol–water partition coefficient (Wildman–Crippen LogP) is 0.712. The number of nitrogens with zero attached hydrogens (tertiary/aromatic N) is 1. The van der Waals surface area contributed by atoms with E-state index in [0.717, 1.165) is 13.0 Å². The molecule has 2 N–H and O–H groups in total. The number of hydrogen-bond acceptors (Lipinski definition) is 3. The fourth-order valence-electron chi connectivity index (χ4n) is 1.62. The number of nitrogens with one attached hydrogen (secondary N) is 1. The average Bonchev–Trinajstić information content (AvgIpc) is 2.41. The van der Waals surface area contributed by atoms with Gasteiger partial charge in [-0.3, -0.25) is 4.79 Å². The van der Waals surface area contributed by atoms with Crippen molar-refractivity contribution in [3.8, 4) is 11.8 Å². The maximum atomic E-state index is 12.0. The van der Waals surface area contributed by atoms with Crippen LogP contribution in [0.25, 0.3) is 0 Å². The van der Waals surface area contributed by atoms with E-state index >= 15 is 0 Å². The maximum absolute atomic E-state index is 12.0. The smallest absolute Gasteiger partial charge is 0.252 e. The molecule has 0 bridgehead atoms. The topological polar surface area (TPSA) is 52.6 Å². The minimum atomic E-state index is -0.210. The largest absolute Gasteiger partial charge is 0.384 e. The Hall–Kier alpha value is -1.83. The monoisotopic (exact) mass is 260 g/mol. The zero-order valence-corrected chi connectivity index (χ0v) is 11.4. The maximum Gasteiger partial charge on any atom is 0.252 e. The Labute approximate surface area is 114 Å². The van der Waals surface area contributed by atoms with E-state index in [2.05, 4.69) is 22.1 Å². The minimum Gasteiger partial charge on any atom is -0.384 e. The highest BCUT2D eigenvalue weighted by atomic mass is 16.2. The molecule has 1 amide bonds. The van der Waals surface area contributed by atoms with Gasteiger partial charge in [0.15, 0.2) is 0 Å². The first-order chi connectivity index (χ1) is 9.15. The van der Waals surface area contributed by atoms with Crippen molar-refractivity contribution in [2.75, 3.05) is 33.8 Å². The van der Waals surface area contributed by atoms with Crippen LogP contribution in [0.1, 0.15) is 22.3 Å². The fraction of sp³-hybridized carbons (Fsp3) is 0.400. The summed E-state index contributed by atoms with van der Waals surface area (Å²) in [5.41, 5.74) is 1.19. The number of carbonyl (C=O) groups is 1. The number of rotatable bonds is 5. The van der Waals surface area contributed by atoms with Crippen LogP contribution >= 0.6 is 0 Å². The summed E-state index contributed by atoms with van der Waals surface area (Å²) in [6.07, 6.45) is 0.906. The summed E-state index contributed by atoms with van der Waals surface area (Å²) in [6.45, 7) is 1.36. The van der Waals surface area contributed by atoms with Crippen molar-refractivity contribution in [2.24, 2.45) is 0 Å². The number of carbonyl (C=O) groups excluding carboxylic acids is 1. The normalized spacial score (nSPS) is 9.89. The number of benzene rings is 1. The Morgan fingerprint density at radius 3 is 2.79 bits per heavy atom. The summed E-state index contributed by atoms with van der Waals surface area (Å²) in [7, 11) is 4.00.